The highest BCUT2D eigenvalue weighted by atomic mass is 35.5. The maximum atomic E-state index is 12.0. The molecule has 0 unspecified atom stereocenters. The third-order valence-corrected chi connectivity index (χ3v) is 3.97. The van der Waals surface area contributed by atoms with Gasteiger partial charge in [-0.2, -0.15) is 0 Å². The van der Waals surface area contributed by atoms with E-state index in [1.54, 1.807) is 18.2 Å². The molecule has 4 nitrogen and oxygen atoms in total. The molecule has 110 valence electrons. The van der Waals surface area contributed by atoms with E-state index in [0.29, 0.717) is 41.3 Å². The van der Waals surface area contributed by atoms with Gasteiger partial charge in [0.05, 0.1) is 18.1 Å². The zero-order valence-electron chi connectivity index (χ0n) is 11.1. The molecule has 1 aromatic carbocycles. The van der Waals surface area contributed by atoms with Gasteiger partial charge in [-0.25, -0.2) is 0 Å². The summed E-state index contributed by atoms with van der Waals surface area (Å²) in [5, 5.41) is 1.01. The second-order valence-corrected chi connectivity index (χ2v) is 5.75. The molecule has 0 radical (unpaired) electrons. The number of halogens is 2. The van der Waals surface area contributed by atoms with Crippen molar-refractivity contribution in [1.29, 1.82) is 0 Å². The third kappa shape index (κ3) is 4.01. The Balaban J connectivity index is 1.77. The molecular formula is C14H18Cl2N2O2. The number of amides is 1. The van der Waals surface area contributed by atoms with E-state index in [4.69, 9.17) is 33.7 Å². The van der Waals surface area contributed by atoms with Crippen LogP contribution in [0.3, 0.4) is 0 Å². The van der Waals surface area contributed by atoms with Gasteiger partial charge < -0.3 is 15.4 Å². The van der Waals surface area contributed by atoms with Crippen molar-refractivity contribution < 1.29 is 9.53 Å². The number of nitrogens with two attached hydrogens (primary N) is 1. The highest BCUT2D eigenvalue weighted by Crippen LogP contribution is 2.27. The Kier molecular flexibility index (Phi) is 5.52. The van der Waals surface area contributed by atoms with Crippen LogP contribution in [0.4, 0.5) is 0 Å². The largest absolute Gasteiger partial charge is 0.491 e. The first-order valence-corrected chi connectivity index (χ1v) is 7.41. The summed E-state index contributed by atoms with van der Waals surface area (Å²) in [5.41, 5.74) is 5.61. The Bertz CT molecular complexity index is 482. The normalized spacial score (nSPS) is 18.4. The first kappa shape index (κ1) is 15.4. The number of hydrogen-bond acceptors (Lipinski definition) is 3. The molecular weight excluding hydrogens is 299 g/mol. The van der Waals surface area contributed by atoms with Crippen molar-refractivity contribution >= 4 is 29.1 Å². The molecule has 1 aliphatic rings. The van der Waals surface area contributed by atoms with Crippen LogP contribution in [0.2, 0.25) is 10.0 Å². The lowest BCUT2D eigenvalue weighted by atomic mass is 10.1. The van der Waals surface area contributed by atoms with E-state index in [1.807, 2.05) is 4.90 Å². The average molecular weight is 317 g/mol. The predicted molar refractivity (Wildman–Crippen MR) is 80.3 cm³/mol. The summed E-state index contributed by atoms with van der Waals surface area (Å²) in [6, 6.07) is 5.03. The fourth-order valence-electron chi connectivity index (χ4n) is 2.25. The van der Waals surface area contributed by atoms with E-state index in [2.05, 4.69) is 0 Å². The van der Waals surface area contributed by atoms with Gasteiger partial charge in [0.1, 0.15) is 5.75 Å². The van der Waals surface area contributed by atoms with Crippen molar-refractivity contribution in [3.05, 3.63) is 28.2 Å². The van der Waals surface area contributed by atoms with Gasteiger partial charge in [0, 0.05) is 18.1 Å². The lowest BCUT2D eigenvalue weighted by Gasteiger charge is -2.16. The fourth-order valence-corrected chi connectivity index (χ4v) is 2.71. The summed E-state index contributed by atoms with van der Waals surface area (Å²) in [7, 11) is 0. The van der Waals surface area contributed by atoms with Crippen LogP contribution in [0.25, 0.3) is 0 Å². The molecule has 20 heavy (non-hydrogen) atoms. The average Bonchev–Trinajstić information content (AvgIpc) is 2.90. The van der Waals surface area contributed by atoms with Gasteiger partial charge in [0.25, 0.3) is 0 Å². The highest BCUT2D eigenvalue weighted by Gasteiger charge is 2.24. The molecule has 1 aliphatic heterocycles. The molecule has 6 heteroatoms. The maximum Gasteiger partial charge on any atom is 0.226 e. The zero-order chi connectivity index (χ0) is 14.5. The number of hydrogen-bond donors (Lipinski definition) is 1. The minimum absolute atomic E-state index is 0.103. The molecule has 1 atom stereocenters. The summed E-state index contributed by atoms with van der Waals surface area (Å²) >= 11 is 11.8. The van der Waals surface area contributed by atoms with E-state index in [1.165, 1.54) is 0 Å². The molecule has 1 amide bonds. The smallest absolute Gasteiger partial charge is 0.226 e. The van der Waals surface area contributed by atoms with Gasteiger partial charge in [0.2, 0.25) is 5.91 Å². The lowest BCUT2D eigenvalue weighted by Crippen LogP contribution is -2.30. The van der Waals surface area contributed by atoms with Crippen LogP contribution in [0, 0.1) is 5.92 Å². The van der Waals surface area contributed by atoms with E-state index in [9.17, 15) is 4.79 Å². The van der Waals surface area contributed by atoms with Crippen LogP contribution in [0.1, 0.15) is 12.8 Å². The molecule has 1 heterocycles. The van der Waals surface area contributed by atoms with Crippen LogP contribution in [0.5, 0.6) is 5.75 Å². The molecule has 0 spiro atoms. The Morgan fingerprint density at radius 1 is 1.45 bits per heavy atom. The number of nitrogens with zero attached hydrogens (tertiary/aromatic N) is 1. The summed E-state index contributed by atoms with van der Waals surface area (Å²) in [6.45, 7) is 2.50. The van der Waals surface area contributed by atoms with Crippen molar-refractivity contribution in [2.24, 2.45) is 11.7 Å². The van der Waals surface area contributed by atoms with Crippen molar-refractivity contribution in [3.8, 4) is 5.75 Å². The van der Waals surface area contributed by atoms with Gasteiger partial charge >= 0.3 is 0 Å². The molecule has 0 aliphatic carbocycles. The molecule has 0 saturated carbocycles. The zero-order valence-corrected chi connectivity index (χ0v) is 12.7. The molecule has 1 fully saturated rings. The summed E-state index contributed by atoms with van der Waals surface area (Å²) < 4.78 is 5.51. The van der Waals surface area contributed by atoms with Crippen molar-refractivity contribution in [2.45, 2.75) is 12.8 Å². The second kappa shape index (κ2) is 7.16. The number of carbonyl (C=O) groups excluding carboxylic acids is 1. The van der Waals surface area contributed by atoms with Gasteiger partial charge in [-0.3, -0.25) is 4.79 Å². The van der Waals surface area contributed by atoms with Gasteiger partial charge in [-0.15, -0.1) is 0 Å². The first-order valence-electron chi connectivity index (χ1n) is 6.66. The van der Waals surface area contributed by atoms with Gasteiger partial charge in [0.15, 0.2) is 0 Å². The van der Waals surface area contributed by atoms with Crippen LogP contribution in [-0.4, -0.2) is 37.0 Å². The molecule has 0 bridgehead atoms. The van der Waals surface area contributed by atoms with Gasteiger partial charge in [-0.05, 0) is 37.1 Å². The topological polar surface area (TPSA) is 55.6 Å². The van der Waals surface area contributed by atoms with Crippen molar-refractivity contribution in [1.82, 2.24) is 4.90 Å². The Morgan fingerprint density at radius 2 is 2.25 bits per heavy atom. The number of likely N-dealkylation sites (tertiary alicyclic amines) is 1. The summed E-state index contributed by atoms with van der Waals surface area (Å²) in [4.78, 5) is 13.8. The Labute approximate surface area is 128 Å². The second-order valence-electron chi connectivity index (χ2n) is 4.90. The standard InChI is InChI=1S/C14H18Cl2N2O2/c15-11-1-2-13(12(16)7-11)20-6-4-14(19)18-5-3-10(8-17)9-18/h1-2,7,10H,3-6,8-9,17H2/t10-/m0/s1. The van der Waals surface area contributed by atoms with E-state index < -0.39 is 0 Å². The van der Waals surface area contributed by atoms with Crippen LogP contribution in [-0.2, 0) is 4.79 Å². The van der Waals surface area contributed by atoms with Crippen LogP contribution < -0.4 is 10.5 Å². The minimum atomic E-state index is 0.103. The Hall–Kier alpha value is -0.970. The summed E-state index contributed by atoms with van der Waals surface area (Å²) in [5.74, 6) is 1.08. The Morgan fingerprint density at radius 3 is 2.90 bits per heavy atom. The van der Waals surface area contributed by atoms with Crippen molar-refractivity contribution in [2.75, 3.05) is 26.2 Å². The molecule has 0 aromatic heterocycles. The predicted octanol–water partition coefficient (Wildman–Crippen LogP) is 2.57. The highest BCUT2D eigenvalue weighted by molar-refractivity contribution is 6.35. The quantitative estimate of drug-likeness (QED) is 0.908. The summed E-state index contributed by atoms with van der Waals surface area (Å²) in [6.07, 6.45) is 1.34. The van der Waals surface area contributed by atoms with E-state index in [-0.39, 0.29) is 5.91 Å². The lowest BCUT2D eigenvalue weighted by molar-refractivity contribution is -0.130. The molecule has 2 N–H and O–H groups in total. The number of ether oxygens (including phenoxy) is 1. The number of benzene rings is 1. The number of rotatable bonds is 5. The van der Waals surface area contributed by atoms with Gasteiger partial charge in [-0.1, -0.05) is 23.2 Å². The molecule has 2 rings (SSSR count). The van der Waals surface area contributed by atoms with Crippen LogP contribution in [0.15, 0.2) is 18.2 Å². The minimum Gasteiger partial charge on any atom is -0.491 e. The number of carbonyl (C=O) groups is 1. The maximum absolute atomic E-state index is 12.0. The first-order chi connectivity index (χ1) is 9.60. The van der Waals surface area contributed by atoms with Crippen LogP contribution >= 0.6 is 23.2 Å². The molecule has 1 aromatic rings. The van der Waals surface area contributed by atoms with E-state index >= 15 is 0 Å². The fraction of sp³-hybridized carbons (Fsp3) is 0.500. The van der Waals surface area contributed by atoms with Crippen molar-refractivity contribution in [3.63, 3.8) is 0 Å². The van der Waals surface area contributed by atoms with E-state index in [0.717, 1.165) is 19.5 Å². The SMILES string of the molecule is NC[C@@H]1CCN(C(=O)CCOc2ccc(Cl)cc2Cl)C1. The third-order valence-electron chi connectivity index (χ3n) is 3.44. The monoisotopic (exact) mass is 316 g/mol. The molecule has 1 saturated heterocycles.